The molecule has 0 amide bonds. The molecule has 1 rings (SSSR count). The average Bonchev–Trinajstić information content (AvgIpc) is 2.63. The van der Waals surface area contributed by atoms with Crippen LogP contribution in [0.2, 0.25) is 0 Å². The Hall–Kier alpha value is -1.36. The van der Waals surface area contributed by atoms with Crippen LogP contribution in [0.25, 0.3) is 0 Å². The average molecular weight is 259 g/mol. The fourth-order valence-corrected chi connectivity index (χ4v) is 3.28. The minimum absolute atomic E-state index is 0.0685. The number of carboxylic acid groups (broad SMARTS) is 1. The van der Waals surface area contributed by atoms with Crippen molar-refractivity contribution in [3.63, 3.8) is 0 Å². The summed E-state index contributed by atoms with van der Waals surface area (Å²) >= 11 is 0.919. The summed E-state index contributed by atoms with van der Waals surface area (Å²) in [7, 11) is -3.60. The molecule has 0 spiro atoms. The number of rotatable bonds is 5. The smallest absolute Gasteiger partial charge is 0.308 e. The van der Waals surface area contributed by atoms with E-state index in [1.807, 2.05) is 0 Å². The van der Waals surface area contributed by atoms with Crippen molar-refractivity contribution >= 4 is 27.3 Å². The Bertz CT molecular complexity index is 524. The lowest BCUT2D eigenvalue weighted by Crippen LogP contribution is -2.22. The number of sulfonamides is 1. The number of carbonyl (C=O) groups is 1. The molecule has 1 aromatic heterocycles. The maximum absolute atomic E-state index is 11.5. The van der Waals surface area contributed by atoms with E-state index in [1.165, 1.54) is 12.1 Å². The van der Waals surface area contributed by atoms with Gasteiger partial charge in [0, 0.05) is 4.88 Å². The van der Waals surface area contributed by atoms with Crippen LogP contribution in [0.4, 0.5) is 0 Å². The van der Waals surface area contributed by atoms with Crippen LogP contribution in [-0.2, 0) is 21.2 Å². The predicted octanol–water partition coefficient (Wildman–Crippen LogP) is 0.287. The maximum atomic E-state index is 11.5. The van der Waals surface area contributed by atoms with Gasteiger partial charge in [-0.2, -0.15) is 4.72 Å². The van der Waals surface area contributed by atoms with E-state index < -0.39 is 16.0 Å². The molecule has 0 unspecified atom stereocenters. The third kappa shape index (κ3) is 3.34. The van der Waals surface area contributed by atoms with Crippen molar-refractivity contribution in [2.75, 3.05) is 6.54 Å². The van der Waals surface area contributed by atoms with Crippen LogP contribution in [0.3, 0.4) is 0 Å². The van der Waals surface area contributed by atoms with Gasteiger partial charge in [0.25, 0.3) is 10.0 Å². The van der Waals surface area contributed by atoms with Crippen LogP contribution in [-0.4, -0.2) is 26.0 Å². The zero-order valence-corrected chi connectivity index (χ0v) is 9.77. The van der Waals surface area contributed by atoms with Gasteiger partial charge in [0.15, 0.2) is 0 Å². The Balaban J connectivity index is 2.85. The maximum Gasteiger partial charge on any atom is 0.308 e. The van der Waals surface area contributed by atoms with Crippen molar-refractivity contribution in [1.82, 2.24) is 4.72 Å². The highest BCUT2D eigenvalue weighted by Crippen LogP contribution is 2.21. The molecule has 0 saturated heterocycles. The molecule has 0 bridgehead atoms. The van der Waals surface area contributed by atoms with Gasteiger partial charge in [-0.1, -0.05) is 5.92 Å². The summed E-state index contributed by atoms with van der Waals surface area (Å²) in [5.74, 6) is 1.16. The number of carboxylic acids is 1. The van der Waals surface area contributed by atoms with Gasteiger partial charge in [-0.25, -0.2) is 8.42 Å². The van der Waals surface area contributed by atoms with E-state index in [4.69, 9.17) is 11.5 Å². The molecular formula is C9H9NO4S2. The molecule has 0 fully saturated rings. The van der Waals surface area contributed by atoms with Crippen molar-refractivity contribution in [1.29, 1.82) is 0 Å². The summed E-state index contributed by atoms with van der Waals surface area (Å²) in [4.78, 5) is 10.9. The first-order chi connectivity index (χ1) is 7.45. The molecule has 0 aliphatic rings. The van der Waals surface area contributed by atoms with E-state index in [-0.39, 0.29) is 17.2 Å². The number of hydrogen-bond acceptors (Lipinski definition) is 4. The van der Waals surface area contributed by atoms with Crippen LogP contribution in [0.5, 0.6) is 0 Å². The zero-order chi connectivity index (χ0) is 12.2. The number of nitrogens with one attached hydrogen (secondary N) is 1. The largest absolute Gasteiger partial charge is 0.481 e. The summed E-state index contributed by atoms with van der Waals surface area (Å²) < 4.78 is 25.4. The monoisotopic (exact) mass is 259 g/mol. The minimum Gasteiger partial charge on any atom is -0.481 e. The van der Waals surface area contributed by atoms with Gasteiger partial charge in [0.05, 0.1) is 13.0 Å². The molecule has 1 aromatic rings. The molecule has 5 nitrogen and oxygen atoms in total. The Kier molecular flexibility index (Phi) is 4.06. The Morgan fingerprint density at radius 2 is 2.25 bits per heavy atom. The summed E-state index contributed by atoms with van der Waals surface area (Å²) in [6.07, 6.45) is 4.75. The summed E-state index contributed by atoms with van der Waals surface area (Å²) in [6.45, 7) is -0.0888. The Labute approximate surface area is 97.2 Å². The van der Waals surface area contributed by atoms with Crippen LogP contribution >= 0.6 is 11.3 Å². The SMILES string of the molecule is C#CCNS(=O)(=O)c1ccc(CC(=O)O)s1. The topological polar surface area (TPSA) is 83.5 Å². The Morgan fingerprint density at radius 1 is 1.56 bits per heavy atom. The standard InChI is InChI=1S/C9H9NO4S2/c1-2-5-10-16(13,14)9-4-3-7(15-9)6-8(11)12/h1,3-4,10H,5-6H2,(H,11,12). The first kappa shape index (κ1) is 12.7. The van der Waals surface area contributed by atoms with Gasteiger partial charge < -0.3 is 5.11 Å². The lowest BCUT2D eigenvalue weighted by atomic mass is 10.3. The highest BCUT2D eigenvalue weighted by Gasteiger charge is 2.16. The molecule has 0 atom stereocenters. The van der Waals surface area contributed by atoms with Crippen LogP contribution < -0.4 is 4.72 Å². The number of aliphatic carboxylic acids is 1. The van der Waals surface area contributed by atoms with E-state index in [1.54, 1.807) is 0 Å². The van der Waals surface area contributed by atoms with Crippen LogP contribution in [0, 0.1) is 12.3 Å². The second-order valence-corrected chi connectivity index (χ2v) is 5.98. The first-order valence-corrected chi connectivity index (χ1v) is 6.49. The molecule has 0 radical (unpaired) electrons. The van der Waals surface area contributed by atoms with Gasteiger partial charge >= 0.3 is 5.97 Å². The number of thiophene rings is 1. The van der Waals surface area contributed by atoms with Crippen molar-refractivity contribution < 1.29 is 18.3 Å². The number of terminal acetylenes is 1. The highest BCUT2D eigenvalue weighted by atomic mass is 32.2. The van der Waals surface area contributed by atoms with Crippen LogP contribution in [0.15, 0.2) is 16.3 Å². The molecule has 0 aliphatic carbocycles. The lowest BCUT2D eigenvalue weighted by molar-refractivity contribution is -0.136. The quantitative estimate of drug-likeness (QED) is 0.744. The van der Waals surface area contributed by atoms with Gasteiger partial charge in [-0.05, 0) is 12.1 Å². The minimum atomic E-state index is -3.60. The van der Waals surface area contributed by atoms with E-state index in [0.717, 1.165) is 11.3 Å². The summed E-state index contributed by atoms with van der Waals surface area (Å²) in [5.41, 5.74) is 0. The predicted molar refractivity (Wildman–Crippen MR) is 59.7 cm³/mol. The van der Waals surface area contributed by atoms with E-state index in [0.29, 0.717) is 4.88 Å². The molecule has 0 aromatic carbocycles. The fraction of sp³-hybridized carbons (Fsp3) is 0.222. The van der Waals surface area contributed by atoms with Crippen molar-refractivity contribution in [3.05, 3.63) is 17.0 Å². The van der Waals surface area contributed by atoms with E-state index in [9.17, 15) is 13.2 Å². The summed E-state index contributed by atoms with van der Waals surface area (Å²) in [6, 6.07) is 2.84. The molecule has 16 heavy (non-hydrogen) atoms. The van der Waals surface area contributed by atoms with Gasteiger partial charge in [-0.15, -0.1) is 17.8 Å². The van der Waals surface area contributed by atoms with Gasteiger partial charge in [-0.3, -0.25) is 4.79 Å². The zero-order valence-electron chi connectivity index (χ0n) is 8.13. The lowest BCUT2D eigenvalue weighted by Gasteiger charge is -1.99. The van der Waals surface area contributed by atoms with Gasteiger partial charge in [0.1, 0.15) is 4.21 Å². The van der Waals surface area contributed by atoms with Gasteiger partial charge in [0.2, 0.25) is 0 Å². The third-order valence-electron chi connectivity index (χ3n) is 1.59. The number of hydrogen-bond donors (Lipinski definition) is 2. The van der Waals surface area contributed by atoms with E-state index in [2.05, 4.69) is 10.6 Å². The highest BCUT2D eigenvalue weighted by molar-refractivity contribution is 7.91. The summed E-state index contributed by atoms with van der Waals surface area (Å²) in [5, 5.41) is 8.54. The third-order valence-corrected chi connectivity index (χ3v) is 4.57. The van der Waals surface area contributed by atoms with Crippen molar-refractivity contribution in [2.45, 2.75) is 10.6 Å². The molecule has 0 saturated carbocycles. The molecule has 86 valence electrons. The first-order valence-electron chi connectivity index (χ1n) is 4.19. The van der Waals surface area contributed by atoms with E-state index >= 15 is 0 Å². The molecule has 0 aliphatic heterocycles. The normalized spacial score (nSPS) is 10.9. The second kappa shape index (κ2) is 5.12. The van der Waals surface area contributed by atoms with Crippen molar-refractivity contribution in [2.24, 2.45) is 0 Å². The fourth-order valence-electron chi connectivity index (χ4n) is 0.955. The second-order valence-electron chi connectivity index (χ2n) is 2.82. The molecular weight excluding hydrogens is 250 g/mol. The van der Waals surface area contributed by atoms with Crippen LogP contribution in [0.1, 0.15) is 4.88 Å². The molecule has 2 N–H and O–H groups in total. The Morgan fingerprint density at radius 3 is 2.81 bits per heavy atom. The molecule has 7 heteroatoms. The van der Waals surface area contributed by atoms with Crippen molar-refractivity contribution in [3.8, 4) is 12.3 Å². The molecule has 1 heterocycles.